The predicted octanol–water partition coefficient (Wildman–Crippen LogP) is 1.78. The summed E-state index contributed by atoms with van der Waals surface area (Å²) >= 11 is 0. The molecule has 0 unspecified atom stereocenters. The quantitative estimate of drug-likeness (QED) is 0.783. The highest BCUT2D eigenvalue weighted by molar-refractivity contribution is 5.94. The topological polar surface area (TPSA) is 74.6 Å². The van der Waals surface area contributed by atoms with E-state index in [2.05, 4.69) is 29.6 Å². The molecule has 0 spiro atoms. The molecule has 1 heterocycles. The van der Waals surface area contributed by atoms with E-state index < -0.39 is 0 Å². The normalized spacial score (nSPS) is 17.5. The van der Waals surface area contributed by atoms with Crippen LogP contribution >= 0.6 is 0 Å². The van der Waals surface area contributed by atoms with Gasteiger partial charge in [0.1, 0.15) is 0 Å². The Morgan fingerprint density at radius 1 is 1.17 bits per heavy atom. The number of rotatable bonds is 6. The lowest BCUT2D eigenvalue weighted by Gasteiger charge is -2.39. The lowest BCUT2D eigenvalue weighted by Crippen LogP contribution is -2.53. The van der Waals surface area contributed by atoms with Gasteiger partial charge in [0.15, 0.2) is 5.76 Å². The summed E-state index contributed by atoms with van der Waals surface area (Å²) in [7, 11) is 4.16. The van der Waals surface area contributed by atoms with Crippen LogP contribution < -0.4 is 10.6 Å². The number of carbonyl (C=O) groups is 2. The second-order valence-corrected chi connectivity index (χ2v) is 6.47. The van der Waals surface area contributed by atoms with Crippen molar-refractivity contribution < 1.29 is 14.0 Å². The van der Waals surface area contributed by atoms with Gasteiger partial charge in [0.05, 0.1) is 12.8 Å². The molecule has 6 heteroatoms. The van der Waals surface area contributed by atoms with Crippen LogP contribution in [0.1, 0.15) is 49.1 Å². The number of nitrogens with zero attached hydrogens (tertiary/aromatic N) is 1. The fourth-order valence-corrected chi connectivity index (χ4v) is 3.15. The summed E-state index contributed by atoms with van der Waals surface area (Å²) in [5.74, 6) is -0.330. The van der Waals surface area contributed by atoms with Gasteiger partial charge in [-0.2, -0.15) is 0 Å². The summed E-state index contributed by atoms with van der Waals surface area (Å²) < 4.78 is 4.99. The summed E-state index contributed by atoms with van der Waals surface area (Å²) in [6, 6.07) is 3.21. The maximum Gasteiger partial charge on any atom is 0.287 e. The Kier molecular flexibility index (Phi) is 6.21. The molecule has 1 saturated carbocycles. The fraction of sp³-hybridized carbons (Fsp3) is 0.647. The van der Waals surface area contributed by atoms with Crippen LogP contribution in [-0.2, 0) is 4.79 Å². The number of carbonyl (C=O) groups excluding carboxylic acids is 2. The van der Waals surface area contributed by atoms with Gasteiger partial charge in [-0.3, -0.25) is 9.59 Å². The van der Waals surface area contributed by atoms with E-state index in [-0.39, 0.29) is 29.7 Å². The molecule has 23 heavy (non-hydrogen) atoms. The molecule has 0 saturated heterocycles. The maximum atomic E-state index is 12.0. The maximum absolute atomic E-state index is 12.0. The lowest BCUT2D eigenvalue weighted by atomic mass is 9.88. The van der Waals surface area contributed by atoms with Crippen LogP contribution in [0.2, 0.25) is 0 Å². The highest BCUT2D eigenvalue weighted by atomic mass is 16.3. The van der Waals surface area contributed by atoms with Crippen molar-refractivity contribution in [3.8, 4) is 0 Å². The molecule has 0 atom stereocenters. The van der Waals surface area contributed by atoms with E-state index in [1.54, 1.807) is 12.1 Å². The first-order valence-electron chi connectivity index (χ1n) is 8.29. The van der Waals surface area contributed by atoms with E-state index in [4.69, 9.17) is 4.42 Å². The number of nitrogens with one attached hydrogen (secondary N) is 2. The number of furan rings is 1. The summed E-state index contributed by atoms with van der Waals surface area (Å²) in [5.41, 5.74) is 0.0250. The van der Waals surface area contributed by atoms with Gasteiger partial charge in [-0.05, 0) is 39.1 Å². The molecule has 6 nitrogen and oxygen atoms in total. The van der Waals surface area contributed by atoms with Gasteiger partial charge < -0.3 is 20.0 Å². The van der Waals surface area contributed by atoms with Crippen molar-refractivity contribution in [2.45, 2.75) is 44.1 Å². The Morgan fingerprint density at radius 3 is 2.43 bits per heavy atom. The van der Waals surface area contributed by atoms with Crippen molar-refractivity contribution in [2.75, 3.05) is 27.2 Å². The minimum absolute atomic E-state index is 0.0250. The Morgan fingerprint density at radius 2 is 1.87 bits per heavy atom. The zero-order valence-corrected chi connectivity index (χ0v) is 14.1. The van der Waals surface area contributed by atoms with Crippen molar-refractivity contribution in [1.29, 1.82) is 0 Å². The van der Waals surface area contributed by atoms with Gasteiger partial charge >= 0.3 is 0 Å². The largest absolute Gasteiger partial charge is 0.459 e. The van der Waals surface area contributed by atoms with Gasteiger partial charge in [0.25, 0.3) is 5.91 Å². The van der Waals surface area contributed by atoms with Crippen LogP contribution in [0.5, 0.6) is 0 Å². The molecule has 2 amide bonds. The van der Waals surface area contributed by atoms with Crippen molar-refractivity contribution in [3.63, 3.8) is 0 Å². The minimum atomic E-state index is -0.373. The van der Waals surface area contributed by atoms with Crippen molar-refractivity contribution in [2.24, 2.45) is 0 Å². The second kappa shape index (κ2) is 8.15. The van der Waals surface area contributed by atoms with E-state index in [0.29, 0.717) is 6.54 Å². The van der Waals surface area contributed by atoms with E-state index in [1.165, 1.54) is 31.9 Å². The smallest absolute Gasteiger partial charge is 0.287 e. The Hall–Kier alpha value is -1.82. The molecule has 2 N–H and O–H groups in total. The van der Waals surface area contributed by atoms with E-state index in [1.807, 2.05) is 0 Å². The molecule has 1 aliphatic carbocycles. The second-order valence-electron chi connectivity index (χ2n) is 6.47. The van der Waals surface area contributed by atoms with Crippen LogP contribution in [0.25, 0.3) is 0 Å². The van der Waals surface area contributed by atoms with Crippen LogP contribution in [0.4, 0.5) is 0 Å². The average molecular weight is 321 g/mol. The molecular formula is C17H27N3O3. The average Bonchev–Trinajstić information content (AvgIpc) is 2.96. The molecule has 1 aliphatic rings. The van der Waals surface area contributed by atoms with Gasteiger partial charge in [-0.1, -0.05) is 25.7 Å². The summed E-state index contributed by atoms with van der Waals surface area (Å²) in [6.07, 6.45) is 8.55. The summed E-state index contributed by atoms with van der Waals surface area (Å²) in [4.78, 5) is 26.0. The molecule has 0 aliphatic heterocycles. The first kappa shape index (κ1) is 17.5. The molecule has 1 aromatic heterocycles. The first-order valence-corrected chi connectivity index (χ1v) is 8.29. The molecule has 2 rings (SSSR count). The zero-order chi connectivity index (χ0) is 16.7. The molecular weight excluding hydrogens is 294 g/mol. The minimum Gasteiger partial charge on any atom is -0.459 e. The van der Waals surface area contributed by atoms with Crippen molar-refractivity contribution >= 4 is 11.8 Å². The Bertz CT molecular complexity index is 503. The number of amides is 2. The molecule has 1 fully saturated rings. The van der Waals surface area contributed by atoms with Crippen LogP contribution in [-0.4, -0.2) is 49.4 Å². The van der Waals surface area contributed by atoms with Gasteiger partial charge in [0, 0.05) is 12.1 Å². The number of hydrogen-bond donors (Lipinski definition) is 2. The predicted molar refractivity (Wildman–Crippen MR) is 88.2 cm³/mol. The van der Waals surface area contributed by atoms with Crippen molar-refractivity contribution in [1.82, 2.24) is 15.5 Å². The number of hydrogen-bond acceptors (Lipinski definition) is 4. The zero-order valence-electron chi connectivity index (χ0n) is 14.1. The van der Waals surface area contributed by atoms with Crippen LogP contribution in [0.3, 0.4) is 0 Å². The van der Waals surface area contributed by atoms with Crippen LogP contribution in [0, 0.1) is 0 Å². The standard InChI is InChI=1S/C17H27N3O3/c1-20(2)17(9-5-3-4-6-10-17)13-19-15(21)12-18-16(22)14-8-7-11-23-14/h7-8,11H,3-6,9-10,12-13H2,1-2H3,(H,18,22)(H,19,21). The molecule has 0 bridgehead atoms. The first-order chi connectivity index (χ1) is 11.0. The molecule has 1 aromatic rings. The SMILES string of the molecule is CN(C)C1(CNC(=O)CNC(=O)c2ccco2)CCCCCC1. The third-order valence-electron chi connectivity index (χ3n) is 4.75. The monoisotopic (exact) mass is 321 g/mol. The number of likely N-dealkylation sites (N-methyl/N-ethyl adjacent to an activating group) is 1. The van der Waals surface area contributed by atoms with Crippen molar-refractivity contribution in [3.05, 3.63) is 24.2 Å². The van der Waals surface area contributed by atoms with Gasteiger partial charge in [-0.15, -0.1) is 0 Å². The molecule has 128 valence electrons. The highest BCUT2D eigenvalue weighted by Gasteiger charge is 2.33. The van der Waals surface area contributed by atoms with E-state index >= 15 is 0 Å². The molecule has 0 aromatic carbocycles. The molecule has 0 radical (unpaired) electrons. The van der Waals surface area contributed by atoms with Gasteiger partial charge in [0.2, 0.25) is 5.91 Å². The van der Waals surface area contributed by atoms with Crippen LogP contribution in [0.15, 0.2) is 22.8 Å². The van der Waals surface area contributed by atoms with E-state index in [9.17, 15) is 9.59 Å². The highest BCUT2D eigenvalue weighted by Crippen LogP contribution is 2.30. The third kappa shape index (κ3) is 4.82. The third-order valence-corrected chi connectivity index (χ3v) is 4.75. The summed E-state index contributed by atoms with van der Waals surface area (Å²) in [6.45, 7) is 0.582. The van der Waals surface area contributed by atoms with Gasteiger partial charge in [-0.25, -0.2) is 0 Å². The summed E-state index contributed by atoms with van der Waals surface area (Å²) in [5, 5.41) is 5.55. The Balaban J connectivity index is 1.81. The fourth-order valence-electron chi connectivity index (χ4n) is 3.15. The Labute approximate surface area is 137 Å². The lowest BCUT2D eigenvalue weighted by molar-refractivity contribution is -0.120. The van der Waals surface area contributed by atoms with E-state index in [0.717, 1.165) is 12.8 Å².